The molecule has 6 nitrogen and oxygen atoms in total. The molecular weight excluding hydrogens is 370 g/mol. The molecule has 0 aliphatic rings. The van der Waals surface area contributed by atoms with E-state index in [1.165, 1.54) is 11.3 Å². The molecule has 0 amide bonds. The second-order valence-corrected chi connectivity index (χ2v) is 9.14. The van der Waals surface area contributed by atoms with E-state index in [0.717, 1.165) is 20.7 Å². The lowest BCUT2D eigenvalue weighted by atomic mass is 10.1. The van der Waals surface area contributed by atoms with E-state index in [-0.39, 0.29) is 13.2 Å². The van der Waals surface area contributed by atoms with Crippen molar-refractivity contribution in [2.24, 2.45) is 0 Å². The number of nitrogens with zero attached hydrogens (tertiary/aromatic N) is 1. The third kappa shape index (κ3) is 4.04. The van der Waals surface area contributed by atoms with Gasteiger partial charge in [-0.15, -0.1) is 11.3 Å². The van der Waals surface area contributed by atoms with Crippen molar-refractivity contribution in [2.75, 3.05) is 18.4 Å². The Morgan fingerprint density at radius 3 is 2.62 bits per heavy atom. The fourth-order valence-corrected chi connectivity index (χ4v) is 5.34. The number of aromatic nitrogens is 1. The third-order valence-electron chi connectivity index (χ3n) is 3.97. The molecular formula is C18H21N3O3S2. The molecule has 0 saturated heterocycles. The van der Waals surface area contributed by atoms with Crippen LogP contribution in [-0.4, -0.2) is 31.6 Å². The van der Waals surface area contributed by atoms with E-state index in [2.05, 4.69) is 15.0 Å². The first kappa shape index (κ1) is 18.8. The lowest BCUT2D eigenvalue weighted by Crippen LogP contribution is -2.29. The molecule has 0 bridgehead atoms. The van der Waals surface area contributed by atoms with E-state index >= 15 is 0 Å². The number of aryl methyl sites for hydroxylation is 2. The van der Waals surface area contributed by atoms with Gasteiger partial charge in [-0.3, -0.25) is 0 Å². The van der Waals surface area contributed by atoms with Gasteiger partial charge in [-0.2, -0.15) is 0 Å². The molecule has 0 radical (unpaired) electrons. The SMILES string of the molecule is Cc1cc(S(=O)(=O)NCCNc2nc3ccccc3cc2CO)c(C)s1. The highest BCUT2D eigenvalue weighted by molar-refractivity contribution is 7.89. The number of thiophene rings is 1. The van der Waals surface area contributed by atoms with Gasteiger partial charge in [0.15, 0.2) is 0 Å². The Morgan fingerprint density at radius 2 is 1.92 bits per heavy atom. The van der Waals surface area contributed by atoms with Crippen molar-refractivity contribution in [1.82, 2.24) is 9.71 Å². The van der Waals surface area contributed by atoms with Crippen LogP contribution in [0.15, 0.2) is 41.3 Å². The summed E-state index contributed by atoms with van der Waals surface area (Å²) >= 11 is 1.47. The normalized spacial score (nSPS) is 11.8. The van der Waals surface area contributed by atoms with Crippen LogP contribution in [0.3, 0.4) is 0 Å². The molecule has 3 aromatic rings. The number of hydrogen-bond donors (Lipinski definition) is 3. The molecule has 3 rings (SSSR count). The number of rotatable bonds is 7. The summed E-state index contributed by atoms with van der Waals surface area (Å²) in [4.78, 5) is 6.59. The first-order chi connectivity index (χ1) is 12.4. The average molecular weight is 392 g/mol. The van der Waals surface area contributed by atoms with Gasteiger partial charge in [0.25, 0.3) is 0 Å². The molecule has 2 aromatic heterocycles. The van der Waals surface area contributed by atoms with Crippen LogP contribution in [0.4, 0.5) is 5.82 Å². The summed E-state index contributed by atoms with van der Waals surface area (Å²) in [6, 6.07) is 11.2. The quantitative estimate of drug-likeness (QED) is 0.539. The number of aliphatic hydroxyl groups excluding tert-OH is 1. The summed E-state index contributed by atoms with van der Waals surface area (Å²) < 4.78 is 27.4. The molecule has 26 heavy (non-hydrogen) atoms. The van der Waals surface area contributed by atoms with Gasteiger partial charge in [0, 0.05) is 33.8 Å². The van der Waals surface area contributed by atoms with Crippen molar-refractivity contribution in [3.8, 4) is 0 Å². The van der Waals surface area contributed by atoms with Crippen molar-refractivity contribution >= 4 is 38.1 Å². The van der Waals surface area contributed by atoms with Crippen LogP contribution >= 0.6 is 11.3 Å². The van der Waals surface area contributed by atoms with Crippen LogP contribution in [0, 0.1) is 13.8 Å². The lowest BCUT2D eigenvalue weighted by molar-refractivity contribution is 0.282. The topological polar surface area (TPSA) is 91.3 Å². The van der Waals surface area contributed by atoms with E-state index in [1.807, 2.05) is 37.3 Å². The van der Waals surface area contributed by atoms with Crippen molar-refractivity contribution in [3.05, 3.63) is 51.7 Å². The van der Waals surface area contributed by atoms with E-state index in [9.17, 15) is 13.5 Å². The average Bonchev–Trinajstić information content (AvgIpc) is 2.97. The van der Waals surface area contributed by atoms with Crippen LogP contribution in [0.1, 0.15) is 15.3 Å². The number of benzene rings is 1. The molecule has 2 heterocycles. The molecule has 8 heteroatoms. The number of hydrogen-bond acceptors (Lipinski definition) is 6. The van der Waals surface area contributed by atoms with Gasteiger partial charge in [0.05, 0.1) is 17.0 Å². The first-order valence-electron chi connectivity index (χ1n) is 8.21. The zero-order valence-corrected chi connectivity index (χ0v) is 16.2. The number of fused-ring (bicyclic) bond motifs is 1. The summed E-state index contributed by atoms with van der Waals surface area (Å²) in [5.41, 5.74) is 1.49. The smallest absolute Gasteiger partial charge is 0.241 e. The Balaban J connectivity index is 1.66. The predicted octanol–water partition coefficient (Wildman–Crippen LogP) is 2.80. The van der Waals surface area contributed by atoms with E-state index in [4.69, 9.17) is 0 Å². The van der Waals surface area contributed by atoms with Crippen molar-refractivity contribution in [2.45, 2.75) is 25.3 Å². The lowest BCUT2D eigenvalue weighted by Gasteiger charge is -2.12. The minimum absolute atomic E-state index is 0.140. The molecule has 138 valence electrons. The number of sulfonamides is 1. The summed E-state index contributed by atoms with van der Waals surface area (Å²) in [7, 11) is -3.52. The number of anilines is 1. The Labute approximate surface area is 157 Å². The Hall–Kier alpha value is -2.00. The third-order valence-corrected chi connectivity index (χ3v) is 6.65. The molecule has 0 aliphatic heterocycles. The summed E-state index contributed by atoms with van der Waals surface area (Å²) in [5.74, 6) is 0.563. The van der Waals surface area contributed by atoms with Crippen LogP contribution < -0.4 is 10.0 Å². The van der Waals surface area contributed by atoms with Gasteiger partial charge >= 0.3 is 0 Å². The van der Waals surface area contributed by atoms with Crippen LogP contribution in [-0.2, 0) is 16.6 Å². The molecule has 0 saturated carbocycles. The second-order valence-electron chi connectivity index (χ2n) is 5.95. The molecule has 0 aliphatic carbocycles. The number of para-hydroxylation sites is 1. The van der Waals surface area contributed by atoms with Crippen LogP contribution in [0.25, 0.3) is 10.9 Å². The van der Waals surface area contributed by atoms with Gasteiger partial charge < -0.3 is 10.4 Å². The summed E-state index contributed by atoms with van der Waals surface area (Å²) in [6.07, 6.45) is 0. The number of pyridine rings is 1. The standard InChI is InChI=1S/C18H21N3O3S2/c1-12-9-17(13(2)25-12)26(23,24)20-8-7-19-18-15(11-22)10-14-5-3-4-6-16(14)21-18/h3-6,9-10,20,22H,7-8,11H2,1-2H3,(H,19,21). The largest absolute Gasteiger partial charge is 0.392 e. The Kier molecular flexibility index (Phi) is 5.57. The minimum Gasteiger partial charge on any atom is -0.392 e. The summed E-state index contributed by atoms with van der Waals surface area (Å²) in [6.45, 7) is 4.13. The Bertz CT molecular complexity index is 1030. The maximum atomic E-state index is 12.4. The number of aliphatic hydroxyl groups is 1. The van der Waals surface area contributed by atoms with E-state index < -0.39 is 10.0 Å². The van der Waals surface area contributed by atoms with Gasteiger partial charge in [-0.05, 0) is 32.0 Å². The molecule has 0 spiro atoms. The predicted molar refractivity (Wildman–Crippen MR) is 105 cm³/mol. The van der Waals surface area contributed by atoms with Gasteiger partial charge in [0.1, 0.15) is 5.82 Å². The fourth-order valence-electron chi connectivity index (χ4n) is 2.75. The minimum atomic E-state index is -3.52. The van der Waals surface area contributed by atoms with Crippen molar-refractivity contribution in [3.63, 3.8) is 0 Å². The monoisotopic (exact) mass is 391 g/mol. The summed E-state index contributed by atoms with van der Waals surface area (Å²) in [5, 5.41) is 13.6. The molecule has 3 N–H and O–H groups in total. The van der Waals surface area contributed by atoms with Crippen molar-refractivity contribution < 1.29 is 13.5 Å². The zero-order valence-electron chi connectivity index (χ0n) is 14.6. The highest BCUT2D eigenvalue weighted by atomic mass is 32.2. The maximum absolute atomic E-state index is 12.4. The Morgan fingerprint density at radius 1 is 1.15 bits per heavy atom. The second kappa shape index (κ2) is 7.71. The maximum Gasteiger partial charge on any atom is 0.241 e. The highest BCUT2D eigenvalue weighted by Gasteiger charge is 2.18. The molecule has 0 unspecified atom stereocenters. The van der Waals surface area contributed by atoms with Gasteiger partial charge in [-0.25, -0.2) is 18.1 Å². The first-order valence-corrected chi connectivity index (χ1v) is 10.5. The molecule has 1 aromatic carbocycles. The van der Waals surface area contributed by atoms with Crippen molar-refractivity contribution in [1.29, 1.82) is 0 Å². The highest BCUT2D eigenvalue weighted by Crippen LogP contribution is 2.24. The van der Waals surface area contributed by atoms with E-state index in [1.54, 1.807) is 13.0 Å². The van der Waals surface area contributed by atoms with Crippen LogP contribution in [0.2, 0.25) is 0 Å². The molecule has 0 atom stereocenters. The zero-order chi connectivity index (χ0) is 18.7. The van der Waals surface area contributed by atoms with Gasteiger partial charge in [-0.1, -0.05) is 18.2 Å². The molecule has 0 fully saturated rings. The van der Waals surface area contributed by atoms with Crippen LogP contribution in [0.5, 0.6) is 0 Å². The fraction of sp³-hybridized carbons (Fsp3) is 0.278. The number of nitrogens with one attached hydrogen (secondary N) is 2. The van der Waals surface area contributed by atoms with Gasteiger partial charge in [0.2, 0.25) is 10.0 Å². The van der Waals surface area contributed by atoms with E-state index in [0.29, 0.717) is 22.8 Å².